The molecule has 2 aromatic carbocycles. The van der Waals surface area contributed by atoms with E-state index < -0.39 is 10.7 Å². The Morgan fingerprint density at radius 1 is 1.16 bits per heavy atom. The number of nitro groups is 1. The average Bonchev–Trinajstić information content (AvgIpc) is 2.62. The molecular formula is C18H19FN3O3+. The molecular weight excluding hydrogens is 325 g/mol. The lowest BCUT2D eigenvalue weighted by molar-refractivity contribution is -0.917. The van der Waals surface area contributed by atoms with Gasteiger partial charge in [-0.15, -0.1) is 0 Å². The largest absolute Gasteiger partial charge is 0.328 e. The number of carbonyl (C=O) groups is 1. The summed E-state index contributed by atoms with van der Waals surface area (Å²) in [5, 5.41) is 10.8. The van der Waals surface area contributed by atoms with E-state index in [-0.39, 0.29) is 17.2 Å². The summed E-state index contributed by atoms with van der Waals surface area (Å²) in [6, 6.07) is 12.6. The lowest BCUT2D eigenvalue weighted by Crippen LogP contribution is -3.13. The fraction of sp³-hybridized carbons (Fsp3) is 0.278. The number of non-ortho nitro benzene ring substituents is 1. The van der Waals surface area contributed by atoms with Crippen molar-refractivity contribution in [1.29, 1.82) is 0 Å². The molecule has 0 atom stereocenters. The van der Waals surface area contributed by atoms with Gasteiger partial charge in [-0.2, -0.15) is 0 Å². The Kier molecular flexibility index (Phi) is 5.04. The number of nitrogens with one attached hydrogen (secondary N) is 1. The van der Waals surface area contributed by atoms with Crippen molar-refractivity contribution in [2.45, 2.75) is 6.54 Å². The van der Waals surface area contributed by atoms with Crippen molar-refractivity contribution in [3.63, 3.8) is 0 Å². The van der Waals surface area contributed by atoms with Gasteiger partial charge in [-0.1, -0.05) is 24.3 Å². The van der Waals surface area contributed by atoms with Gasteiger partial charge in [0.15, 0.2) is 0 Å². The van der Waals surface area contributed by atoms with Gasteiger partial charge in [0.2, 0.25) is 0 Å². The van der Waals surface area contributed by atoms with E-state index in [1.54, 1.807) is 29.2 Å². The summed E-state index contributed by atoms with van der Waals surface area (Å²) in [6.45, 7) is 3.20. The van der Waals surface area contributed by atoms with Crippen LogP contribution >= 0.6 is 0 Å². The highest BCUT2D eigenvalue weighted by molar-refractivity contribution is 5.94. The first-order chi connectivity index (χ1) is 12.0. The summed E-state index contributed by atoms with van der Waals surface area (Å²) in [4.78, 5) is 25.8. The van der Waals surface area contributed by atoms with Crippen LogP contribution in [0.1, 0.15) is 15.9 Å². The van der Waals surface area contributed by atoms with Crippen molar-refractivity contribution in [2.75, 3.05) is 26.2 Å². The van der Waals surface area contributed by atoms with Crippen molar-refractivity contribution >= 4 is 11.6 Å². The molecule has 7 heteroatoms. The maximum atomic E-state index is 13.8. The number of nitro benzene ring substituents is 1. The number of hydrogen-bond acceptors (Lipinski definition) is 3. The second kappa shape index (κ2) is 7.40. The Balaban J connectivity index is 1.59. The number of rotatable bonds is 4. The minimum atomic E-state index is -0.501. The molecule has 1 amide bonds. The zero-order valence-electron chi connectivity index (χ0n) is 13.7. The lowest BCUT2D eigenvalue weighted by Gasteiger charge is -2.32. The second-order valence-corrected chi connectivity index (χ2v) is 6.13. The molecule has 0 unspecified atom stereocenters. The van der Waals surface area contributed by atoms with E-state index in [1.165, 1.54) is 23.1 Å². The van der Waals surface area contributed by atoms with E-state index in [9.17, 15) is 19.3 Å². The first-order valence-electron chi connectivity index (χ1n) is 8.15. The molecule has 0 spiro atoms. The maximum Gasteiger partial charge on any atom is 0.269 e. The van der Waals surface area contributed by atoms with E-state index in [1.807, 2.05) is 6.07 Å². The summed E-state index contributed by atoms with van der Waals surface area (Å²) in [5.41, 5.74) is 1.09. The third-order valence-electron chi connectivity index (χ3n) is 4.44. The molecule has 6 nitrogen and oxygen atoms in total. The predicted molar refractivity (Wildman–Crippen MR) is 89.8 cm³/mol. The smallest absolute Gasteiger partial charge is 0.269 e. The monoisotopic (exact) mass is 344 g/mol. The number of halogens is 1. The number of quaternary nitrogens is 1. The number of benzene rings is 2. The fourth-order valence-electron chi connectivity index (χ4n) is 3.08. The van der Waals surface area contributed by atoms with Gasteiger partial charge >= 0.3 is 0 Å². The fourth-order valence-corrected chi connectivity index (χ4v) is 3.08. The van der Waals surface area contributed by atoms with Gasteiger partial charge in [0.05, 0.1) is 36.7 Å². The van der Waals surface area contributed by atoms with Crippen LogP contribution in [0.5, 0.6) is 0 Å². The van der Waals surface area contributed by atoms with Crippen LogP contribution in [0.3, 0.4) is 0 Å². The Morgan fingerprint density at radius 3 is 2.56 bits per heavy atom. The van der Waals surface area contributed by atoms with Gasteiger partial charge in [-0.25, -0.2) is 4.39 Å². The zero-order valence-corrected chi connectivity index (χ0v) is 13.7. The molecule has 2 aromatic rings. The van der Waals surface area contributed by atoms with Crippen LogP contribution in [0.15, 0.2) is 48.5 Å². The third-order valence-corrected chi connectivity index (χ3v) is 4.44. The van der Waals surface area contributed by atoms with Gasteiger partial charge in [0.1, 0.15) is 12.4 Å². The number of amides is 1. The molecule has 1 aliphatic rings. The van der Waals surface area contributed by atoms with E-state index >= 15 is 0 Å². The number of piperazine rings is 1. The van der Waals surface area contributed by atoms with E-state index in [2.05, 4.69) is 0 Å². The summed E-state index contributed by atoms with van der Waals surface area (Å²) in [7, 11) is 0. The quantitative estimate of drug-likeness (QED) is 0.671. The van der Waals surface area contributed by atoms with Gasteiger partial charge in [0.25, 0.3) is 11.6 Å². The van der Waals surface area contributed by atoms with Crippen molar-refractivity contribution in [1.82, 2.24) is 4.90 Å². The zero-order chi connectivity index (χ0) is 17.8. The van der Waals surface area contributed by atoms with Gasteiger partial charge < -0.3 is 9.80 Å². The van der Waals surface area contributed by atoms with Crippen molar-refractivity contribution in [3.05, 3.63) is 75.6 Å². The van der Waals surface area contributed by atoms with Crippen LogP contribution < -0.4 is 4.90 Å². The molecule has 1 heterocycles. The van der Waals surface area contributed by atoms with E-state index in [4.69, 9.17) is 0 Å². The topological polar surface area (TPSA) is 67.9 Å². The van der Waals surface area contributed by atoms with Crippen LogP contribution in [0.4, 0.5) is 10.1 Å². The third kappa shape index (κ3) is 4.00. The number of hydrogen-bond donors (Lipinski definition) is 1. The Hall–Kier alpha value is -2.80. The van der Waals surface area contributed by atoms with E-state index in [0.717, 1.165) is 18.7 Å². The SMILES string of the molecule is O=C(c1ccccc1F)N1CC[NH+](Cc2cccc([N+](=O)[O-])c2)CC1. The molecule has 130 valence electrons. The molecule has 1 saturated heterocycles. The first-order valence-corrected chi connectivity index (χ1v) is 8.15. The molecule has 0 aliphatic carbocycles. The molecule has 0 aromatic heterocycles. The maximum absolute atomic E-state index is 13.8. The molecule has 1 N–H and O–H groups in total. The summed E-state index contributed by atoms with van der Waals surface area (Å²) in [5.74, 6) is -0.786. The molecule has 25 heavy (non-hydrogen) atoms. The predicted octanol–water partition coefficient (Wildman–Crippen LogP) is 1.27. The Labute approximate surface area is 144 Å². The number of nitrogens with zero attached hydrogens (tertiary/aromatic N) is 2. The summed E-state index contributed by atoms with van der Waals surface area (Å²) < 4.78 is 13.8. The normalized spacial score (nSPS) is 15.2. The Bertz CT molecular complexity index is 789. The Morgan fingerprint density at radius 2 is 1.88 bits per heavy atom. The highest BCUT2D eigenvalue weighted by Crippen LogP contribution is 2.13. The van der Waals surface area contributed by atoms with Crippen molar-refractivity contribution < 1.29 is 19.0 Å². The molecule has 0 radical (unpaired) electrons. The van der Waals surface area contributed by atoms with Crippen LogP contribution in [0.2, 0.25) is 0 Å². The van der Waals surface area contributed by atoms with Gasteiger partial charge in [0, 0.05) is 17.7 Å². The van der Waals surface area contributed by atoms with Crippen LogP contribution in [-0.4, -0.2) is 41.9 Å². The second-order valence-electron chi connectivity index (χ2n) is 6.13. The summed E-state index contributed by atoms with van der Waals surface area (Å²) in [6.07, 6.45) is 0. The van der Waals surface area contributed by atoms with Crippen molar-refractivity contribution in [3.8, 4) is 0 Å². The van der Waals surface area contributed by atoms with Gasteiger partial charge in [-0.05, 0) is 12.1 Å². The summed E-state index contributed by atoms with van der Waals surface area (Å²) >= 11 is 0. The molecule has 1 fully saturated rings. The standard InChI is InChI=1S/C18H18FN3O3/c19-17-7-2-1-6-16(17)18(23)21-10-8-20(9-11-21)13-14-4-3-5-15(12-14)22(24)25/h1-7,12H,8-11,13H2/p+1. The molecule has 1 aliphatic heterocycles. The molecule has 3 rings (SSSR count). The van der Waals surface area contributed by atoms with Crippen molar-refractivity contribution in [2.24, 2.45) is 0 Å². The highest BCUT2D eigenvalue weighted by atomic mass is 19.1. The van der Waals surface area contributed by atoms with E-state index in [0.29, 0.717) is 19.6 Å². The first kappa shape index (κ1) is 17.0. The average molecular weight is 344 g/mol. The van der Waals surface area contributed by atoms with Gasteiger partial charge in [-0.3, -0.25) is 14.9 Å². The minimum Gasteiger partial charge on any atom is -0.328 e. The van der Waals surface area contributed by atoms with Crippen LogP contribution in [0, 0.1) is 15.9 Å². The van der Waals surface area contributed by atoms with Crippen LogP contribution in [-0.2, 0) is 6.54 Å². The number of carbonyl (C=O) groups excluding carboxylic acids is 1. The molecule has 0 bridgehead atoms. The molecule has 0 saturated carbocycles. The highest BCUT2D eigenvalue weighted by Gasteiger charge is 2.26. The lowest BCUT2D eigenvalue weighted by atomic mass is 10.1. The minimum absolute atomic E-state index is 0.0882. The van der Waals surface area contributed by atoms with Crippen LogP contribution in [0.25, 0.3) is 0 Å².